The zero-order chi connectivity index (χ0) is 21.9. The van der Waals surface area contributed by atoms with Crippen molar-refractivity contribution in [2.75, 3.05) is 0 Å². The predicted octanol–water partition coefficient (Wildman–Crippen LogP) is 5.92. The second-order valence-electron chi connectivity index (χ2n) is 7.91. The Morgan fingerprint density at radius 2 is 1.69 bits per heavy atom. The Labute approximate surface area is 186 Å². The smallest absolute Gasteiger partial charge is 0.240 e. The maximum atomic E-state index is 11.7. The number of carbonyl (C=O) groups excluding carboxylic acids is 1. The molecule has 4 aromatic rings. The van der Waals surface area contributed by atoms with Gasteiger partial charge in [0, 0.05) is 23.5 Å². The first-order chi connectivity index (χ1) is 15.7. The standard InChI is InChI=1S/C27H23N3O2/c1-2-20-17-25(31)29-30-26(20)22-14-15-23-24(16-22)32-27(28-23)21-12-10-19(11-13-21)9-8-18-6-4-3-5-7-18/h3-16,20H,2,17H2,1H3,(H,29,31). The van der Waals surface area contributed by atoms with Gasteiger partial charge in [-0.3, -0.25) is 4.79 Å². The molecule has 158 valence electrons. The van der Waals surface area contributed by atoms with Crippen LogP contribution in [-0.2, 0) is 4.79 Å². The van der Waals surface area contributed by atoms with E-state index in [1.165, 1.54) is 5.56 Å². The molecule has 1 aliphatic heterocycles. The summed E-state index contributed by atoms with van der Waals surface area (Å²) in [5.41, 5.74) is 9.14. The topological polar surface area (TPSA) is 67.5 Å². The van der Waals surface area contributed by atoms with E-state index in [4.69, 9.17) is 4.42 Å². The average Bonchev–Trinajstić information content (AvgIpc) is 3.27. The molecule has 5 heteroatoms. The number of oxazole rings is 1. The van der Waals surface area contributed by atoms with E-state index in [0.717, 1.165) is 34.3 Å². The van der Waals surface area contributed by atoms with Crippen molar-refractivity contribution in [2.24, 2.45) is 11.0 Å². The largest absolute Gasteiger partial charge is 0.436 e. The number of rotatable bonds is 5. The molecule has 0 spiro atoms. The summed E-state index contributed by atoms with van der Waals surface area (Å²) in [6.45, 7) is 2.07. The molecule has 0 saturated heterocycles. The van der Waals surface area contributed by atoms with Crippen molar-refractivity contribution in [1.29, 1.82) is 0 Å². The molecular formula is C27H23N3O2. The van der Waals surface area contributed by atoms with Crippen molar-refractivity contribution in [2.45, 2.75) is 19.8 Å². The van der Waals surface area contributed by atoms with Gasteiger partial charge in [-0.15, -0.1) is 0 Å². The Balaban J connectivity index is 1.39. The number of carbonyl (C=O) groups is 1. The van der Waals surface area contributed by atoms with Gasteiger partial charge in [-0.25, -0.2) is 10.4 Å². The van der Waals surface area contributed by atoms with E-state index in [1.807, 2.05) is 48.5 Å². The number of aromatic nitrogens is 1. The fourth-order valence-corrected chi connectivity index (χ4v) is 3.92. The number of nitrogens with one attached hydrogen (secondary N) is 1. The van der Waals surface area contributed by atoms with Gasteiger partial charge < -0.3 is 4.42 Å². The highest BCUT2D eigenvalue weighted by molar-refractivity contribution is 6.07. The number of nitrogens with zero attached hydrogens (tertiary/aromatic N) is 2. The van der Waals surface area contributed by atoms with Crippen molar-refractivity contribution in [1.82, 2.24) is 10.4 Å². The van der Waals surface area contributed by atoms with Gasteiger partial charge in [-0.2, -0.15) is 5.10 Å². The van der Waals surface area contributed by atoms with Crippen molar-refractivity contribution >= 4 is 34.9 Å². The van der Waals surface area contributed by atoms with Crippen LogP contribution in [0.5, 0.6) is 0 Å². The Hall–Kier alpha value is -3.99. The van der Waals surface area contributed by atoms with Gasteiger partial charge in [-0.05, 0) is 41.8 Å². The van der Waals surface area contributed by atoms with Crippen LogP contribution in [0, 0.1) is 5.92 Å². The van der Waals surface area contributed by atoms with E-state index < -0.39 is 0 Å². The molecule has 5 rings (SSSR count). The maximum Gasteiger partial charge on any atom is 0.240 e. The minimum Gasteiger partial charge on any atom is -0.436 e. The number of benzene rings is 3. The minimum absolute atomic E-state index is 0.0364. The first-order valence-electron chi connectivity index (χ1n) is 10.8. The molecule has 1 aromatic heterocycles. The molecule has 5 nitrogen and oxygen atoms in total. The molecule has 0 saturated carbocycles. The third kappa shape index (κ3) is 4.10. The lowest BCUT2D eigenvalue weighted by Crippen LogP contribution is -2.33. The summed E-state index contributed by atoms with van der Waals surface area (Å²) in [6.07, 6.45) is 5.50. The summed E-state index contributed by atoms with van der Waals surface area (Å²) < 4.78 is 6.07. The SMILES string of the molecule is CCC1CC(=O)NN=C1c1ccc2nc(-c3ccc(C=Cc4ccccc4)cc3)oc2c1. The zero-order valence-electron chi connectivity index (χ0n) is 17.8. The van der Waals surface area contributed by atoms with Gasteiger partial charge in [0.25, 0.3) is 0 Å². The highest BCUT2D eigenvalue weighted by atomic mass is 16.3. The van der Waals surface area contributed by atoms with Crippen LogP contribution < -0.4 is 5.43 Å². The fourth-order valence-electron chi connectivity index (χ4n) is 3.92. The third-order valence-corrected chi connectivity index (χ3v) is 5.72. The summed E-state index contributed by atoms with van der Waals surface area (Å²) in [4.78, 5) is 16.3. The normalized spacial score (nSPS) is 16.3. The number of hydrogen-bond acceptors (Lipinski definition) is 4. The first kappa shape index (κ1) is 19.9. The lowest BCUT2D eigenvalue weighted by molar-refractivity contribution is -0.122. The highest BCUT2D eigenvalue weighted by Crippen LogP contribution is 2.28. The molecular weight excluding hydrogens is 398 g/mol. The summed E-state index contributed by atoms with van der Waals surface area (Å²) in [5, 5.41) is 4.30. The second kappa shape index (κ2) is 8.63. The Morgan fingerprint density at radius 3 is 2.44 bits per heavy atom. The van der Waals surface area contributed by atoms with Crippen molar-refractivity contribution in [3.05, 3.63) is 89.5 Å². The van der Waals surface area contributed by atoms with Crippen LogP contribution in [0.4, 0.5) is 0 Å². The van der Waals surface area contributed by atoms with Gasteiger partial charge >= 0.3 is 0 Å². The Morgan fingerprint density at radius 1 is 0.969 bits per heavy atom. The van der Waals surface area contributed by atoms with Gasteiger partial charge in [0.05, 0.1) is 5.71 Å². The molecule has 1 amide bonds. The Bertz CT molecular complexity index is 1320. The van der Waals surface area contributed by atoms with E-state index in [2.05, 4.69) is 58.9 Å². The molecule has 0 aliphatic carbocycles. The van der Waals surface area contributed by atoms with E-state index in [9.17, 15) is 4.79 Å². The second-order valence-corrected chi connectivity index (χ2v) is 7.91. The maximum absolute atomic E-state index is 11.7. The number of fused-ring (bicyclic) bond motifs is 1. The third-order valence-electron chi connectivity index (χ3n) is 5.72. The van der Waals surface area contributed by atoms with E-state index in [0.29, 0.717) is 17.9 Å². The zero-order valence-corrected chi connectivity index (χ0v) is 17.8. The van der Waals surface area contributed by atoms with Crippen LogP contribution in [0.2, 0.25) is 0 Å². The van der Waals surface area contributed by atoms with E-state index in [-0.39, 0.29) is 11.8 Å². The molecule has 1 atom stereocenters. The van der Waals surface area contributed by atoms with Crippen LogP contribution in [0.15, 0.2) is 82.3 Å². The average molecular weight is 422 g/mol. The molecule has 2 heterocycles. The van der Waals surface area contributed by atoms with Crippen LogP contribution in [0.1, 0.15) is 36.5 Å². The van der Waals surface area contributed by atoms with Crippen LogP contribution in [0.3, 0.4) is 0 Å². The Kier molecular flexibility index (Phi) is 5.38. The fraction of sp³-hybridized carbons (Fsp3) is 0.148. The van der Waals surface area contributed by atoms with Gasteiger partial charge in [0.2, 0.25) is 11.8 Å². The highest BCUT2D eigenvalue weighted by Gasteiger charge is 2.24. The van der Waals surface area contributed by atoms with E-state index in [1.54, 1.807) is 0 Å². The molecule has 3 aromatic carbocycles. The van der Waals surface area contributed by atoms with Crippen molar-refractivity contribution < 1.29 is 9.21 Å². The van der Waals surface area contributed by atoms with Gasteiger partial charge in [-0.1, -0.05) is 67.6 Å². The first-order valence-corrected chi connectivity index (χ1v) is 10.8. The van der Waals surface area contributed by atoms with Crippen molar-refractivity contribution in [3.8, 4) is 11.5 Å². The molecule has 1 unspecified atom stereocenters. The molecule has 0 bridgehead atoms. The van der Waals surface area contributed by atoms with Crippen LogP contribution in [0.25, 0.3) is 34.7 Å². The summed E-state index contributed by atoms with van der Waals surface area (Å²) in [5.74, 6) is 0.660. The lowest BCUT2D eigenvalue weighted by Gasteiger charge is -2.21. The summed E-state index contributed by atoms with van der Waals surface area (Å²) in [7, 11) is 0. The number of amides is 1. The molecule has 32 heavy (non-hydrogen) atoms. The van der Waals surface area contributed by atoms with Gasteiger partial charge in [0.15, 0.2) is 5.58 Å². The summed E-state index contributed by atoms with van der Waals surface area (Å²) >= 11 is 0. The monoisotopic (exact) mass is 421 g/mol. The molecule has 1 aliphatic rings. The van der Waals surface area contributed by atoms with Crippen LogP contribution in [-0.4, -0.2) is 16.6 Å². The molecule has 1 N–H and O–H groups in total. The molecule has 0 fully saturated rings. The van der Waals surface area contributed by atoms with Gasteiger partial charge in [0.1, 0.15) is 5.52 Å². The van der Waals surface area contributed by atoms with E-state index >= 15 is 0 Å². The predicted molar refractivity (Wildman–Crippen MR) is 128 cm³/mol. The number of hydrogen-bond donors (Lipinski definition) is 1. The minimum atomic E-state index is -0.0364. The number of hydrazone groups is 1. The quantitative estimate of drug-likeness (QED) is 0.407. The van der Waals surface area contributed by atoms with Crippen LogP contribution >= 0.6 is 0 Å². The molecule has 0 radical (unpaired) electrons. The lowest BCUT2D eigenvalue weighted by atomic mass is 9.90. The summed E-state index contributed by atoms with van der Waals surface area (Å²) in [6, 6.07) is 24.3. The van der Waals surface area contributed by atoms with Crippen molar-refractivity contribution in [3.63, 3.8) is 0 Å².